The van der Waals surface area contributed by atoms with E-state index in [2.05, 4.69) is 45.5 Å². The molecular weight excluding hydrogens is 290 g/mol. The van der Waals surface area contributed by atoms with Gasteiger partial charge in [0.1, 0.15) is 0 Å². The Labute approximate surface area is 118 Å². The highest BCUT2D eigenvalue weighted by atomic mass is 79.9. The molecule has 0 saturated heterocycles. The Morgan fingerprint density at radius 1 is 1.06 bits per heavy atom. The second-order valence-electron chi connectivity index (χ2n) is 4.44. The maximum atomic E-state index is 11.4. The van der Waals surface area contributed by atoms with Crippen LogP contribution in [0.15, 0.2) is 30.3 Å². The zero-order valence-electron chi connectivity index (χ0n) is 10.8. The molecular formula is C15H22BrNO. The smallest absolute Gasteiger partial charge is 0.219 e. The number of aryl methyl sites for hydroxylation is 1. The van der Waals surface area contributed by atoms with Crippen molar-refractivity contribution in [1.29, 1.82) is 0 Å². The van der Waals surface area contributed by atoms with Crippen LogP contribution in [-0.4, -0.2) is 17.8 Å². The molecule has 100 valence electrons. The van der Waals surface area contributed by atoms with Crippen molar-refractivity contribution in [3.8, 4) is 0 Å². The molecule has 0 spiro atoms. The maximum absolute atomic E-state index is 11.4. The van der Waals surface area contributed by atoms with Crippen LogP contribution in [-0.2, 0) is 11.2 Å². The van der Waals surface area contributed by atoms with E-state index in [4.69, 9.17) is 0 Å². The van der Waals surface area contributed by atoms with Crippen LogP contribution in [0.25, 0.3) is 0 Å². The van der Waals surface area contributed by atoms with Gasteiger partial charge in [-0.25, -0.2) is 0 Å². The minimum Gasteiger partial charge on any atom is -0.356 e. The van der Waals surface area contributed by atoms with Crippen molar-refractivity contribution in [3.05, 3.63) is 35.9 Å². The zero-order chi connectivity index (χ0) is 13.1. The Balaban J connectivity index is 1.97. The van der Waals surface area contributed by atoms with Crippen LogP contribution >= 0.6 is 15.9 Å². The quantitative estimate of drug-likeness (QED) is 0.547. The zero-order valence-corrected chi connectivity index (χ0v) is 12.4. The molecule has 0 unspecified atom stereocenters. The second kappa shape index (κ2) is 10.1. The number of unbranched alkanes of at least 4 members (excludes halogenated alkanes) is 2. The number of alkyl halides is 1. The first kappa shape index (κ1) is 15.2. The summed E-state index contributed by atoms with van der Waals surface area (Å²) < 4.78 is 0. The topological polar surface area (TPSA) is 29.1 Å². The largest absolute Gasteiger partial charge is 0.356 e. The van der Waals surface area contributed by atoms with E-state index >= 15 is 0 Å². The van der Waals surface area contributed by atoms with E-state index in [1.54, 1.807) is 0 Å². The lowest BCUT2D eigenvalue weighted by atomic mass is 10.1. The molecule has 0 atom stereocenters. The van der Waals surface area contributed by atoms with Crippen molar-refractivity contribution in [3.63, 3.8) is 0 Å². The maximum Gasteiger partial charge on any atom is 0.219 e. The van der Waals surface area contributed by atoms with Gasteiger partial charge in [0.15, 0.2) is 0 Å². The Hall–Kier alpha value is -0.830. The van der Waals surface area contributed by atoms with Gasteiger partial charge in [-0.15, -0.1) is 0 Å². The molecule has 0 aliphatic rings. The number of hydrogen-bond donors (Lipinski definition) is 1. The lowest BCUT2D eigenvalue weighted by molar-refractivity contribution is -0.121. The van der Waals surface area contributed by atoms with Crippen LogP contribution in [0.5, 0.6) is 0 Å². The molecule has 1 rings (SSSR count). The van der Waals surface area contributed by atoms with Gasteiger partial charge in [0, 0.05) is 18.3 Å². The van der Waals surface area contributed by atoms with Crippen molar-refractivity contribution >= 4 is 21.8 Å². The summed E-state index contributed by atoms with van der Waals surface area (Å²) in [5, 5.41) is 3.96. The van der Waals surface area contributed by atoms with Crippen LogP contribution < -0.4 is 5.32 Å². The van der Waals surface area contributed by atoms with E-state index in [0.29, 0.717) is 6.42 Å². The molecule has 2 nitrogen and oxygen atoms in total. The molecule has 0 bridgehead atoms. The van der Waals surface area contributed by atoms with Gasteiger partial charge in [-0.2, -0.15) is 0 Å². The highest BCUT2D eigenvalue weighted by molar-refractivity contribution is 9.09. The molecule has 0 fully saturated rings. The summed E-state index contributed by atoms with van der Waals surface area (Å²) in [5.41, 5.74) is 1.38. The van der Waals surface area contributed by atoms with E-state index in [1.807, 2.05) is 6.07 Å². The fourth-order valence-corrected chi connectivity index (χ4v) is 2.19. The van der Waals surface area contributed by atoms with Crippen molar-refractivity contribution in [2.24, 2.45) is 0 Å². The van der Waals surface area contributed by atoms with Gasteiger partial charge in [-0.3, -0.25) is 4.79 Å². The first-order valence-electron chi connectivity index (χ1n) is 6.69. The number of amides is 1. The van der Waals surface area contributed by atoms with Gasteiger partial charge < -0.3 is 5.32 Å². The highest BCUT2D eigenvalue weighted by Crippen LogP contribution is 2.04. The molecule has 0 heterocycles. The molecule has 0 aliphatic carbocycles. The van der Waals surface area contributed by atoms with Gasteiger partial charge in [-0.1, -0.05) is 46.3 Å². The second-order valence-corrected chi connectivity index (χ2v) is 5.23. The predicted octanol–water partition coefficient (Wildman–Crippen LogP) is 3.69. The monoisotopic (exact) mass is 311 g/mol. The van der Waals surface area contributed by atoms with E-state index in [1.165, 1.54) is 5.56 Å². The summed E-state index contributed by atoms with van der Waals surface area (Å²) in [6.07, 6.45) is 5.98. The SMILES string of the molecule is O=C(CCCCBr)NCCCCc1ccccc1. The third-order valence-electron chi connectivity index (χ3n) is 2.84. The van der Waals surface area contributed by atoms with Crippen molar-refractivity contribution in [1.82, 2.24) is 5.32 Å². The molecule has 0 saturated carbocycles. The lowest BCUT2D eigenvalue weighted by Crippen LogP contribution is -2.24. The molecule has 1 aromatic carbocycles. The summed E-state index contributed by atoms with van der Waals surface area (Å²) in [7, 11) is 0. The van der Waals surface area contributed by atoms with Gasteiger partial charge in [-0.05, 0) is 37.7 Å². The van der Waals surface area contributed by atoms with Gasteiger partial charge in [0.25, 0.3) is 0 Å². The summed E-state index contributed by atoms with van der Waals surface area (Å²) in [6.45, 7) is 0.806. The Morgan fingerprint density at radius 3 is 2.56 bits per heavy atom. The van der Waals surface area contributed by atoms with Gasteiger partial charge >= 0.3 is 0 Å². The number of hydrogen-bond acceptors (Lipinski definition) is 1. The van der Waals surface area contributed by atoms with E-state index in [0.717, 1.165) is 44.0 Å². The first-order valence-corrected chi connectivity index (χ1v) is 7.81. The predicted molar refractivity (Wildman–Crippen MR) is 80.0 cm³/mol. The Morgan fingerprint density at radius 2 is 1.83 bits per heavy atom. The molecule has 0 aliphatic heterocycles. The van der Waals surface area contributed by atoms with Crippen LogP contribution in [0.4, 0.5) is 0 Å². The van der Waals surface area contributed by atoms with Crippen LogP contribution in [0.3, 0.4) is 0 Å². The lowest BCUT2D eigenvalue weighted by Gasteiger charge is -2.05. The molecule has 1 amide bonds. The number of nitrogens with one attached hydrogen (secondary N) is 1. The number of halogens is 1. The Kier molecular flexibility index (Phi) is 8.57. The molecule has 0 aromatic heterocycles. The average Bonchev–Trinajstić information content (AvgIpc) is 2.40. The number of benzene rings is 1. The molecule has 3 heteroatoms. The standard InChI is InChI=1S/C15H22BrNO/c16-12-6-4-11-15(18)17-13-7-5-10-14-8-2-1-3-9-14/h1-3,8-9H,4-7,10-13H2,(H,17,18). The fourth-order valence-electron chi connectivity index (χ4n) is 1.80. The van der Waals surface area contributed by atoms with Crippen molar-refractivity contribution < 1.29 is 4.79 Å². The highest BCUT2D eigenvalue weighted by Gasteiger charge is 1.99. The van der Waals surface area contributed by atoms with Crippen molar-refractivity contribution in [2.75, 3.05) is 11.9 Å². The van der Waals surface area contributed by atoms with Crippen LogP contribution in [0.2, 0.25) is 0 Å². The van der Waals surface area contributed by atoms with E-state index in [-0.39, 0.29) is 5.91 Å². The minimum absolute atomic E-state index is 0.190. The third-order valence-corrected chi connectivity index (χ3v) is 3.41. The summed E-state index contributed by atoms with van der Waals surface area (Å²) in [5.74, 6) is 0.190. The molecule has 0 radical (unpaired) electrons. The molecule has 18 heavy (non-hydrogen) atoms. The van der Waals surface area contributed by atoms with Crippen molar-refractivity contribution in [2.45, 2.75) is 38.5 Å². The Bertz CT molecular complexity index is 327. The molecule has 1 N–H and O–H groups in total. The summed E-state index contributed by atoms with van der Waals surface area (Å²) >= 11 is 3.36. The van der Waals surface area contributed by atoms with E-state index in [9.17, 15) is 4.79 Å². The third kappa shape index (κ3) is 7.49. The van der Waals surface area contributed by atoms with Crippen LogP contribution in [0.1, 0.15) is 37.7 Å². The number of carbonyl (C=O) groups excluding carboxylic acids is 1. The van der Waals surface area contributed by atoms with Gasteiger partial charge in [0.2, 0.25) is 5.91 Å². The van der Waals surface area contributed by atoms with Crippen LogP contribution in [0, 0.1) is 0 Å². The molecule has 1 aromatic rings. The van der Waals surface area contributed by atoms with E-state index < -0.39 is 0 Å². The average molecular weight is 312 g/mol. The normalized spacial score (nSPS) is 10.3. The number of carbonyl (C=O) groups is 1. The van der Waals surface area contributed by atoms with Gasteiger partial charge in [0.05, 0.1) is 0 Å². The summed E-state index contributed by atoms with van der Waals surface area (Å²) in [6, 6.07) is 10.5. The minimum atomic E-state index is 0.190. The summed E-state index contributed by atoms with van der Waals surface area (Å²) in [4.78, 5) is 11.4. The fraction of sp³-hybridized carbons (Fsp3) is 0.533. The first-order chi connectivity index (χ1) is 8.83. The number of rotatable bonds is 9.